The SMILES string of the molecule is CCc1cc2c(N)nc(-c3c(F)cccc3F)nc2s1. The maximum absolute atomic E-state index is 13.8. The number of thiophene rings is 1. The normalized spacial score (nSPS) is 11.2. The quantitative estimate of drug-likeness (QED) is 0.781. The van der Waals surface area contributed by atoms with Crippen molar-refractivity contribution >= 4 is 27.4 Å². The number of anilines is 1. The first-order valence-corrected chi connectivity index (χ1v) is 6.92. The molecule has 3 nitrogen and oxygen atoms in total. The second-order valence-corrected chi connectivity index (χ2v) is 5.43. The first-order chi connectivity index (χ1) is 9.60. The predicted octanol–water partition coefficient (Wildman–Crippen LogP) is 3.78. The lowest BCUT2D eigenvalue weighted by Gasteiger charge is -2.04. The zero-order valence-electron chi connectivity index (χ0n) is 10.7. The summed E-state index contributed by atoms with van der Waals surface area (Å²) >= 11 is 1.46. The van der Waals surface area contributed by atoms with Gasteiger partial charge in [-0.05, 0) is 24.6 Å². The van der Waals surface area contributed by atoms with Crippen molar-refractivity contribution in [1.82, 2.24) is 9.97 Å². The molecule has 0 saturated heterocycles. The Morgan fingerprint density at radius 3 is 2.55 bits per heavy atom. The van der Waals surface area contributed by atoms with E-state index in [0.29, 0.717) is 4.83 Å². The van der Waals surface area contributed by atoms with Crippen LogP contribution >= 0.6 is 11.3 Å². The molecule has 0 aliphatic heterocycles. The summed E-state index contributed by atoms with van der Waals surface area (Å²) in [6, 6.07) is 5.56. The summed E-state index contributed by atoms with van der Waals surface area (Å²) in [7, 11) is 0. The van der Waals surface area contributed by atoms with E-state index in [4.69, 9.17) is 5.73 Å². The fraction of sp³-hybridized carbons (Fsp3) is 0.143. The number of nitrogens with zero attached hydrogens (tertiary/aromatic N) is 2. The molecule has 102 valence electrons. The molecular formula is C14H11F2N3S. The summed E-state index contributed by atoms with van der Waals surface area (Å²) < 4.78 is 27.6. The minimum Gasteiger partial charge on any atom is -0.383 e. The van der Waals surface area contributed by atoms with Crippen LogP contribution < -0.4 is 5.73 Å². The number of fused-ring (bicyclic) bond motifs is 1. The van der Waals surface area contributed by atoms with E-state index in [9.17, 15) is 8.78 Å². The van der Waals surface area contributed by atoms with Crippen molar-refractivity contribution in [2.45, 2.75) is 13.3 Å². The zero-order chi connectivity index (χ0) is 14.3. The third kappa shape index (κ3) is 2.02. The molecule has 0 aliphatic rings. The molecule has 0 amide bonds. The smallest absolute Gasteiger partial charge is 0.169 e. The van der Waals surface area contributed by atoms with Crippen LogP contribution in [0.4, 0.5) is 14.6 Å². The van der Waals surface area contributed by atoms with Crippen LogP contribution in [0.2, 0.25) is 0 Å². The van der Waals surface area contributed by atoms with E-state index >= 15 is 0 Å². The van der Waals surface area contributed by atoms with Gasteiger partial charge in [-0.15, -0.1) is 11.3 Å². The fourth-order valence-electron chi connectivity index (χ4n) is 1.99. The van der Waals surface area contributed by atoms with Gasteiger partial charge < -0.3 is 5.73 Å². The third-order valence-electron chi connectivity index (χ3n) is 3.01. The lowest BCUT2D eigenvalue weighted by Crippen LogP contribution is -1.99. The van der Waals surface area contributed by atoms with E-state index in [0.717, 1.165) is 16.7 Å². The molecule has 2 aromatic heterocycles. The van der Waals surface area contributed by atoms with Crippen molar-refractivity contribution in [2.24, 2.45) is 0 Å². The average molecular weight is 291 g/mol. The van der Waals surface area contributed by atoms with Gasteiger partial charge >= 0.3 is 0 Å². The maximum Gasteiger partial charge on any atom is 0.169 e. The van der Waals surface area contributed by atoms with Crippen molar-refractivity contribution in [2.75, 3.05) is 5.73 Å². The Labute approximate surface area is 118 Å². The Bertz CT molecular complexity index is 778. The van der Waals surface area contributed by atoms with E-state index in [-0.39, 0.29) is 17.2 Å². The van der Waals surface area contributed by atoms with Crippen LogP contribution in [-0.4, -0.2) is 9.97 Å². The lowest BCUT2D eigenvalue weighted by atomic mass is 10.2. The molecular weight excluding hydrogens is 280 g/mol. The minimum atomic E-state index is -0.698. The number of rotatable bonds is 2. The fourth-order valence-corrected chi connectivity index (χ4v) is 2.97. The van der Waals surface area contributed by atoms with Gasteiger partial charge in [0.25, 0.3) is 0 Å². The Morgan fingerprint density at radius 1 is 1.20 bits per heavy atom. The van der Waals surface area contributed by atoms with Crippen LogP contribution in [-0.2, 0) is 6.42 Å². The molecule has 1 aromatic carbocycles. The van der Waals surface area contributed by atoms with Crippen molar-refractivity contribution in [3.8, 4) is 11.4 Å². The topological polar surface area (TPSA) is 51.8 Å². The summed E-state index contributed by atoms with van der Waals surface area (Å²) in [5, 5.41) is 0.729. The molecule has 6 heteroatoms. The highest BCUT2D eigenvalue weighted by atomic mass is 32.1. The number of hydrogen-bond acceptors (Lipinski definition) is 4. The highest BCUT2D eigenvalue weighted by Crippen LogP contribution is 2.31. The van der Waals surface area contributed by atoms with Crippen LogP contribution in [0.3, 0.4) is 0 Å². The first kappa shape index (κ1) is 12.9. The van der Waals surface area contributed by atoms with Crippen LogP contribution in [0.25, 0.3) is 21.6 Å². The molecule has 0 fully saturated rings. The van der Waals surface area contributed by atoms with Crippen LogP contribution in [0.15, 0.2) is 24.3 Å². The standard InChI is InChI=1S/C14H11F2N3S/c1-2-7-6-8-12(17)18-13(19-14(8)20-7)11-9(15)4-3-5-10(11)16/h3-6H,2H2,1H3,(H2,17,18,19). The Hall–Kier alpha value is -2.08. The largest absolute Gasteiger partial charge is 0.383 e. The second kappa shape index (κ2) is 4.79. The van der Waals surface area contributed by atoms with Gasteiger partial charge in [0.15, 0.2) is 5.82 Å². The van der Waals surface area contributed by atoms with Gasteiger partial charge in [0, 0.05) is 4.88 Å². The molecule has 3 aromatic rings. The van der Waals surface area contributed by atoms with Crippen LogP contribution in [0, 0.1) is 11.6 Å². The summed E-state index contributed by atoms with van der Waals surface area (Å²) in [6.45, 7) is 2.02. The molecule has 0 atom stereocenters. The average Bonchev–Trinajstić information content (AvgIpc) is 2.82. The van der Waals surface area contributed by atoms with Gasteiger partial charge in [0.1, 0.15) is 22.3 Å². The van der Waals surface area contributed by atoms with Gasteiger partial charge in [-0.3, -0.25) is 0 Å². The number of aryl methyl sites for hydroxylation is 1. The lowest BCUT2D eigenvalue weighted by molar-refractivity contribution is 0.588. The van der Waals surface area contributed by atoms with E-state index < -0.39 is 11.6 Å². The predicted molar refractivity (Wildman–Crippen MR) is 76.6 cm³/mol. The summed E-state index contributed by atoms with van der Waals surface area (Å²) in [6.07, 6.45) is 0.851. The van der Waals surface area contributed by atoms with E-state index in [1.807, 2.05) is 13.0 Å². The number of hydrogen-bond donors (Lipinski definition) is 1. The van der Waals surface area contributed by atoms with Gasteiger partial charge in [0.05, 0.1) is 10.9 Å². The molecule has 2 N–H and O–H groups in total. The number of benzene rings is 1. The molecule has 0 spiro atoms. The van der Waals surface area contributed by atoms with Crippen molar-refractivity contribution < 1.29 is 8.78 Å². The summed E-state index contributed by atoms with van der Waals surface area (Å²) in [5.74, 6) is -1.18. The van der Waals surface area contributed by atoms with Gasteiger partial charge in [-0.1, -0.05) is 13.0 Å². The molecule has 20 heavy (non-hydrogen) atoms. The number of aromatic nitrogens is 2. The minimum absolute atomic E-state index is 0.0184. The molecule has 0 aliphatic carbocycles. The first-order valence-electron chi connectivity index (χ1n) is 6.10. The van der Waals surface area contributed by atoms with Gasteiger partial charge in [-0.2, -0.15) is 0 Å². The van der Waals surface area contributed by atoms with Gasteiger partial charge in [0.2, 0.25) is 0 Å². The Kier molecular flexibility index (Phi) is 3.10. The molecule has 0 unspecified atom stereocenters. The van der Waals surface area contributed by atoms with Crippen molar-refractivity contribution in [3.63, 3.8) is 0 Å². The molecule has 3 rings (SSSR count). The van der Waals surface area contributed by atoms with Crippen molar-refractivity contribution in [1.29, 1.82) is 0 Å². The zero-order valence-corrected chi connectivity index (χ0v) is 11.5. The second-order valence-electron chi connectivity index (χ2n) is 4.31. The number of nitrogen functional groups attached to an aromatic ring is 1. The summed E-state index contributed by atoms with van der Waals surface area (Å²) in [4.78, 5) is 10.0. The highest BCUT2D eigenvalue weighted by Gasteiger charge is 2.17. The summed E-state index contributed by atoms with van der Waals surface area (Å²) in [5.41, 5.74) is 5.63. The van der Waals surface area contributed by atoms with Crippen molar-refractivity contribution in [3.05, 3.63) is 40.8 Å². The Morgan fingerprint density at radius 2 is 1.90 bits per heavy atom. The third-order valence-corrected chi connectivity index (χ3v) is 4.18. The molecule has 0 radical (unpaired) electrons. The monoisotopic (exact) mass is 291 g/mol. The molecule has 2 heterocycles. The van der Waals surface area contributed by atoms with Crippen LogP contribution in [0.5, 0.6) is 0 Å². The Balaban J connectivity index is 2.27. The highest BCUT2D eigenvalue weighted by molar-refractivity contribution is 7.18. The van der Waals surface area contributed by atoms with E-state index in [1.54, 1.807) is 0 Å². The number of halogens is 2. The number of nitrogens with two attached hydrogens (primary N) is 1. The molecule has 0 saturated carbocycles. The maximum atomic E-state index is 13.8. The van der Waals surface area contributed by atoms with Crippen LogP contribution in [0.1, 0.15) is 11.8 Å². The van der Waals surface area contributed by atoms with E-state index in [2.05, 4.69) is 9.97 Å². The molecule has 0 bridgehead atoms. The van der Waals surface area contributed by atoms with E-state index in [1.165, 1.54) is 29.5 Å². The van der Waals surface area contributed by atoms with Gasteiger partial charge in [-0.25, -0.2) is 18.7 Å².